The van der Waals surface area contributed by atoms with E-state index in [0.29, 0.717) is 29.6 Å². The number of carbonyl (C=O) groups is 1. The van der Waals surface area contributed by atoms with Gasteiger partial charge in [-0.2, -0.15) is 5.10 Å². The summed E-state index contributed by atoms with van der Waals surface area (Å²) in [5.41, 5.74) is 1.28. The monoisotopic (exact) mass is 321 g/mol. The molecular formula is C19H19N3O2. The summed E-state index contributed by atoms with van der Waals surface area (Å²) in [7, 11) is 0. The van der Waals surface area contributed by atoms with Crippen LogP contribution in [-0.4, -0.2) is 22.2 Å². The van der Waals surface area contributed by atoms with E-state index in [4.69, 9.17) is 0 Å². The van der Waals surface area contributed by atoms with Crippen molar-refractivity contribution in [1.82, 2.24) is 15.1 Å². The van der Waals surface area contributed by atoms with Gasteiger partial charge in [0.15, 0.2) is 5.69 Å². The molecule has 0 aliphatic carbocycles. The summed E-state index contributed by atoms with van der Waals surface area (Å²) in [4.78, 5) is 24.8. The molecule has 24 heavy (non-hydrogen) atoms. The molecule has 1 aromatic heterocycles. The first-order chi connectivity index (χ1) is 11.7. The second kappa shape index (κ2) is 7.08. The maximum absolute atomic E-state index is 12.5. The van der Waals surface area contributed by atoms with E-state index in [0.717, 1.165) is 12.0 Å². The van der Waals surface area contributed by atoms with Gasteiger partial charge in [0.05, 0.1) is 5.39 Å². The molecule has 0 atom stereocenters. The van der Waals surface area contributed by atoms with Gasteiger partial charge in [-0.05, 0) is 25.0 Å². The molecule has 3 rings (SSSR count). The zero-order valence-corrected chi connectivity index (χ0v) is 13.5. The van der Waals surface area contributed by atoms with Crippen molar-refractivity contribution >= 4 is 16.7 Å². The van der Waals surface area contributed by atoms with E-state index in [1.165, 1.54) is 4.68 Å². The van der Waals surface area contributed by atoms with E-state index in [-0.39, 0.29) is 11.5 Å². The topological polar surface area (TPSA) is 64.0 Å². The predicted molar refractivity (Wildman–Crippen MR) is 94.2 cm³/mol. The maximum Gasteiger partial charge on any atom is 0.274 e. The van der Waals surface area contributed by atoms with E-state index in [1.807, 2.05) is 37.3 Å². The van der Waals surface area contributed by atoms with E-state index < -0.39 is 0 Å². The predicted octanol–water partition coefficient (Wildman–Crippen LogP) is 2.39. The number of hydrogen-bond donors (Lipinski definition) is 1. The number of amides is 1. The molecule has 0 fully saturated rings. The fourth-order valence-corrected chi connectivity index (χ4v) is 2.67. The third kappa shape index (κ3) is 3.20. The average Bonchev–Trinajstić information content (AvgIpc) is 2.63. The SMILES string of the molecule is CCn1nc(C(=O)NCCc2ccccc2)c2ccccc2c1=O. The van der Waals surface area contributed by atoms with Gasteiger partial charge >= 0.3 is 0 Å². The molecule has 0 unspecified atom stereocenters. The summed E-state index contributed by atoms with van der Waals surface area (Å²) >= 11 is 0. The molecule has 0 saturated heterocycles. The van der Waals surface area contributed by atoms with Gasteiger partial charge in [0, 0.05) is 18.5 Å². The number of aryl methyl sites for hydroxylation is 1. The quantitative estimate of drug-likeness (QED) is 0.785. The smallest absolute Gasteiger partial charge is 0.274 e. The summed E-state index contributed by atoms with van der Waals surface area (Å²) < 4.78 is 1.33. The van der Waals surface area contributed by atoms with Gasteiger partial charge in [0.25, 0.3) is 11.5 Å². The summed E-state index contributed by atoms with van der Waals surface area (Å²) in [6, 6.07) is 17.1. The Morgan fingerprint density at radius 2 is 1.71 bits per heavy atom. The number of benzene rings is 2. The third-order valence-electron chi connectivity index (χ3n) is 3.92. The lowest BCUT2D eigenvalue weighted by Crippen LogP contribution is -2.31. The lowest BCUT2D eigenvalue weighted by molar-refractivity contribution is 0.0948. The lowest BCUT2D eigenvalue weighted by atomic mass is 10.1. The van der Waals surface area contributed by atoms with E-state index in [2.05, 4.69) is 10.4 Å². The molecule has 0 saturated carbocycles. The Morgan fingerprint density at radius 3 is 2.42 bits per heavy atom. The second-order valence-corrected chi connectivity index (χ2v) is 5.51. The maximum atomic E-state index is 12.5. The molecule has 3 aromatic rings. The normalized spacial score (nSPS) is 10.7. The Morgan fingerprint density at radius 1 is 1.04 bits per heavy atom. The highest BCUT2D eigenvalue weighted by atomic mass is 16.2. The Balaban J connectivity index is 1.84. The van der Waals surface area contributed by atoms with Gasteiger partial charge in [0.2, 0.25) is 0 Å². The zero-order chi connectivity index (χ0) is 16.9. The van der Waals surface area contributed by atoms with Gasteiger partial charge < -0.3 is 5.32 Å². The molecule has 0 bridgehead atoms. The molecule has 0 aliphatic rings. The molecule has 0 spiro atoms. The largest absolute Gasteiger partial charge is 0.350 e. The van der Waals surface area contributed by atoms with Crippen LogP contribution in [0.2, 0.25) is 0 Å². The van der Waals surface area contributed by atoms with Crippen molar-refractivity contribution in [3.8, 4) is 0 Å². The number of nitrogens with one attached hydrogen (secondary N) is 1. The van der Waals surface area contributed by atoms with Crippen LogP contribution < -0.4 is 10.9 Å². The summed E-state index contributed by atoms with van der Waals surface area (Å²) in [5.74, 6) is -0.260. The minimum atomic E-state index is -0.260. The van der Waals surface area contributed by atoms with Crippen LogP contribution in [0.15, 0.2) is 59.4 Å². The van der Waals surface area contributed by atoms with Gasteiger partial charge in [0.1, 0.15) is 0 Å². The molecular weight excluding hydrogens is 302 g/mol. The standard InChI is InChI=1S/C19H19N3O2/c1-2-22-19(24)16-11-7-6-10-15(16)17(21-22)18(23)20-13-12-14-8-4-3-5-9-14/h3-11H,2,12-13H2,1H3,(H,20,23). The van der Waals surface area contributed by atoms with Crippen molar-refractivity contribution in [2.24, 2.45) is 0 Å². The van der Waals surface area contributed by atoms with Crippen LogP contribution in [0.4, 0.5) is 0 Å². The summed E-state index contributed by atoms with van der Waals surface area (Å²) in [6.07, 6.45) is 0.748. The van der Waals surface area contributed by atoms with E-state index in [9.17, 15) is 9.59 Å². The Labute approximate surface area is 139 Å². The molecule has 0 aliphatic heterocycles. The van der Waals surface area contributed by atoms with Crippen LogP contribution >= 0.6 is 0 Å². The molecule has 2 aromatic carbocycles. The van der Waals surface area contributed by atoms with Crippen molar-refractivity contribution in [3.63, 3.8) is 0 Å². The number of aromatic nitrogens is 2. The van der Waals surface area contributed by atoms with E-state index in [1.54, 1.807) is 24.3 Å². The minimum Gasteiger partial charge on any atom is -0.350 e. The zero-order valence-electron chi connectivity index (χ0n) is 13.5. The fraction of sp³-hybridized carbons (Fsp3) is 0.211. The average molecular weight is 321 g/mol. The second-order valence-electron chi connectivity index (χ2n) is 5.51. The number of carbonyl (C=O) groups excluding carboxylic acids is 1. The Hall–Kier alpha value is -2.95. The van der Waals surface area contributed by atoms with Crippen LogP contribution in [0, 0.1) is 0 Å². The molecule has 1 heterocycles. The Bertz CT molecular complexity index is 917. The van der Waals surface area contributed by atoms with Crippen molar-refractivity contribution in [3.05, 3.63) is 76.2 Å². The number of nitrogens with zero attached hydrogens (tertiary/aromatic N) is 2. The van der Waals surface area contributed by atoms with Gasteiger partial charge in [-0.3, -0.25) is 9.59 Å². The van der Waals surface area contributed by atoms with Crippen molar-refractivity contribution in [2.45, 2.75) is 19.9 Å². The lowest BCUT2D eigenvalue weighted by Gasteiger charge is -2.10. The molecule has 1 N–H and O–H groups in total. The highest BCUT2D eigenvalue weighted by molar-refractivity contribution is 6.04. The molecule has 122 valence electrons. The Kier molecular flexibility index (Phi) is 4.70. The van der Waals surface area contributed by atoms with Crippen LogP contribution in [0.3, 0.4) is 0 Å². The van der Waals surface area contributed by atoms with Crippen molar-refractivity contribution in [2.75, 3.05) is 6.54 Å². The van der Waals surface area contributed by atoms with Gasteiger partial charge in [-0.25, -0.2) is 4.68 Å². The van der Waals surface area contributed by atoms with Crippen molar-refractivity contribution in [1.29, 1.82) is 0 Å². The number of rotatable bonds is 5. The van der Waals surface area contributed by atoms with Crippen molar-refractivity contribution < 1.29 is 4.79 Å². The minimum absolute atomic E-state index is 0.172. The summed E-state index contributed by atoms with van der Waals surface area (Å²) in [6.45, 7) is 2.78. The van der Waals surface area contributed by atoms with Crippen LogP contribution in [0.1, 0.15) is 23.0 Å². The van der Waals surface area contributed by atoms with E-state index >= 15 is 0 Å². The van der Waals surface area contributed by atoms with Crippen LogP contribution in [-0.2, 0) is 13.0 Å². The van der Waals surface area contributed by atoms with Crippen LogP contribution in [0.5, 0.6) is 0 Å². The first-order valence-electron chi connectivity index (χ1n) is 8.02. The first kappa shape index (κ1) is 15.9. The highest BCUT2D eigenvalue weighted by Crippen LogP contribution is 2.13. The highest BCUT2D eigenvalue weighted by Gasteiger charge is 2.15. The van der Waals surface area contributed by atoms with Crippen LogP contribution in [0.25, 0.3) is 10.8 Å². The molecule has 5 heteroatoms. The molecule has 5 nitrogen and oxygen atoms in total. The number of fused-ring (bicyclic) bond motifs is 1. The van der Waals surface area contributed by atoms with Gasteiger partial charge in [-0.15, -0.1) is 0 Å². The number of hydrogen-bond acceptors (Lipinski definition) is 3. The first-order valence-corrected chi connectivity index (χ1v) is 8.02. The molecule has 1 amide bonds. The fourth-order valence-electron chi connectivity index (χ4n) is 2.67. The summed E-state index contributed by atoms with van der Waals surface area (Å²) in [5, 5.41) is 8.23. The van der Waals surface area contributed by atoms with Gasteiger partial charge in [-0.1, -0.05) is 48.5 Å². The third-order valence-corrected chi connectivity index (χ3v) is 3.92. The molecule has 0 radical (unpaired) electrons.